The van der Waals surface area contributed by atoms with E-state index in [1.807, 2.05) is 0 Å². The lowest BCUT2D eigenvalue weighted by Gasteiger charge is -2.00. The van der Waals surface area contributed by atoms with Crippen LogP contribution >= 0.6 is 0 Å². The van der Waals surface area contributed by atoms with Gasteiger partial charge in [-0.05, 0) is 18.2 Å². The summed E-state index contributed by atoms with van der Waals surface area (Å²) in [7, 11) is 1.71. The Morgan fingerprint density at radius 2 is 1.95 bits per heavy atom. The van der Waals surface area contributed by atoms with Gasteiger partial charge in [-0.2, -0.15) is 5.10 Å². The molecular formula is C14H11F2N3. The van der Waals surface area contributed by atoms with Crippen LogP contribution in [0.25, 0.3) is 22.2 Å². The molecule has 0 fully saturated rings. The Hall–Kier alpha value is -2.43. The summed E-state index contributed by atoms with van der Waals surface area (Å²) in [5.41, 5.74) is 7.48. The molecule has 0 aliphatic carbocycles. The van der Waals surface area contributed by atoms with E-state index in [2.05, 4.69) is 5.10 Å². The fourth-order valence-electron chi connectivity index (χ4n) is 2.14. The maximum atomic E-state index is 13.5. The van der Waals surface area contributed by atoms with Crippen molar-refractivity contribution in [2.24, 2.45) is 7.05 Å². The second kappa shape index (κ2) is 4.05. The minimum absolute atomic E-state index is 0.0538. The van der Waals surface area contributed by atoms with Crippen molar-refractivity contribution in [3.63, 3.8) is 0 Å². The second-order valence-corrected chi connectivity index (χ2v) is 4.37. The molecule has 0 saturated heterocycles. The first-order valence-corrected chi connectivity index (χ1v) is 5.74. The maximum Gasteiger partial charge on any atom is 0.148 e. The van der Waals surface area contributed by atoms with Crippen LogP contribution in [-0.4, -0.2) is 9.78 Å². The summed E-state index contributed by atoms with van der Waals surface area (Å²) in [4.78, 5) is 0. The molecule has 0 unspecified atom stereocenters. The third-order valence-electron chi connectivity index (χ3n) is 3.07. The van der Waals surface area contributed by atoms with E-state index >= 15 is 0 Å². The van der Waals surface area contributed by atoms with Crippen LogP contribution in [0.1, 0.15) is 0 Å². The highest BCUT2D eigenvalue weighted by Gasteiger charge is 2.13. The van der Waals surface area contributed by atoms with Crippen LogP contribution < -0.4 is 5.73 Å². The maximum absolute atomic E-state index is 13.5. The summed E-state index contributed by atoms with van der Waals surface area (Å²) in [6.07, 6.45) is 0. The van der Waals surface area contributed by atoms with Gasteiger partial charge in [-0.1, -0.05) is 12.1 Å². The van der Waals surface area contributed by atoms with Crippen molar-refractivity contribution in [1.82, 2.24) is 9.78 Å². The van der Waals surface area contributed by atoms with Crippen LogP contribution in [0.2, 0.25) is 0 Å². The van der Waals surface area contributed by atoms with E-state index in [1.165, 1.54) is 24.3 Å². The molecule has 3 aromatic rings. The lowest BCUT2D eigenvalue weighted by atomic mass is 10.1. The molecular weight excluding hydrogens is 248 g/mol. The number of fused-ring (bicyclic) bond motifs is 1. The molecule has 3 nitrogen and oxygen atoms in total. The summed E-state index contributed by atoms with van der Waals surface area (Å²) < 4.78 is 28.3. The highest BCUT2D eigenvalue weighted by Crippen LogP contribution is 2.30. The first kappa shape index (κ1) is 11.6. The number of nitrogen functional groups attached to an aromatic ring is 1. The van der Waals surface area contributed by atoms with Gasteiger partial charge in [0.05, 0.1) is 11.2 Å². The Balaban J connectivity index is 2.33. The number of nitrogens with two attached hydrogens (primary N) is 1. The largest absolute Gasteiger partial charge is 0.396 e. The van der Waals surface area contributed by atoms with E-state index in [-0.39, 0.29) is 11.5 Å². The number of hydrogen-bond acceptors (Lipinski definition) is 2. The molecule has 0 spiro atoms. The zero-order valence-corrected chi connectivity index (χ0v) is 10.2. The zero-order valence-electron chi connectivity index (χ0n) is 10.2. The molecule has 19 heavy (non-hydrogen) atoms. The minimum atomic E-state index is -0.485. The van der Waals surface area contributed by atoms with Gasteiger partial charge in [0, 0.05) is 24.1 Å². The topological polar surface area (TPSA) is 43.8 Å². The Kier molecular flexibility index (Phi) is 2.48. The van der Waals surface area contributed by atoms with Crippen molar-refractivity contribution < 1.29 is 8.78 Å². The van der Waals surface area contributed by atoms with E-state index in [0.717, 1.165) is 0 Å². The quantitative estimate of drug-likeness (QED) is 0.682. The van der Waals surface area contributed by atoms with Gasteiger partial charge in [0.2, 0.25) is 0 Å². The van der Waals surface area contributed by atoms with E-state index in [4.69, 9.17) is 5.73 Å². The first-order valence-electron chi connectivity index (χ1n) is 5.74. The third kappa shape index (κ3) is 1.83. The van der Waals surface area contributed by atoms with Crippen molar-refractivity contribution in [3.8, 4) is 11.3 Å². The molecule has 1 heterocycles. The molecule has 2 aromatic carbocycles. The smallest absolute Gasteiger partial charge is 0.148 e. The van der Waals surface area contributed by atoms with Crippen LogP contribution in [0.4, 0.5) is 14.5 Å². The number of hydrogen-bond donors (Lipinski definition) is 1. The number of halogens is 2. The summed E-state index contributed by atoms with van der Waals surface area (Å²) >= 11 is 0. The summed E-state index contributed by atoms with van der Waals surface area (Å²) in [6, 6.07) is 8.98. The first-order chi connectivity index (χ1) is 9.06. The minimum Gasteiger partial charge on any atom is -0.396 e. The van der Waals surface area contributed by atoms with Gasteiger partial charge < -0.3 is 5.73 Å². The molecule has 0 amide bonds. The Morgan fingerprint density at radius 1 is 1.16 bits per heavy atom. The Bertz CT molecular complexity index is 778. The highest BCUT2D eigenvalue weighted by molar-refractivity contribution is 5.95. The van der Waals surface area contributed by atoms with Gasteiger partial charge in [0.25, 0.3) is 0 Å². The number of nitrogens with zero attached hydrogens (tertiary/aromatic N) is 2. The molecule has 0 saturated carbocycles. The number of rotatable bonds is 1. The number of benzene rings is 2. The van der Waals surface area contributed by atoms with E-state index in [1.54, 1.807) is 23.9 Å². The van der Waals surface area contributed by atoms with Crippen LogP contribution in [-0.2, 0) is 7.05 Å². The summed E-state index contributed by atoms with van der Waals surface area (Å²) in [6.45, 7) is 0. The Labute approximate surface area is 108 Å². The fourth-order valence-corrected chi connectivity index (χ4v) is 2.14. The van der Waals surface area contributed by atoms with E-state index in [0.29, 0.717) is 22.2 Å². The average molecular weight is 259 g/mol. The SMILES string of the molecule is Cn1nc(-c2cccc(F)c2)c2cc(N)c(F)cc21. The molecule has 5 heteroatoms. The molecule has 2 N–H and O–H groups in total. The molecule has 1 aromatic heterocycles. The van der Waals surface area contributed by atoms with Gasteiger partial charge >= 0.3 is 0 Å². The lowest BCUT2D eigenvalue weighted by Crippen LogP contribution is -1.92. The molecule has 96 valence electrons. The number of anilines is 1. The van der Waals surface area contributed by atoms with Gasteiger partial charge in [0.15, 0.2) is 0 Å². The van der Waals surface area contributed by atoms with Crippen molar-refractivity contribution in [2.75, 3.05) is 5.73 Å². The van der Waals surface area contributed by atoms with Crippen LogP contribution in [0.3, 0.4) is 0 Å². The fraction of sp³-hybridized carbons (Fsp3) is 0.0714. The number of aromatic nitrogens is 2. The van der Waals surface area contributed by atoms with Gasteiger partial charge in [-0.3, -0.25) is 4.68 Å². The van der Waals surface area contributed by atoms with Crippen LogP contribution in [0.5, 0.6) is 0 Å². The van der Waals surface area contributed by atoms with Crippen LogP contribution in [0.15, 0.2) is 36.4 Å². The third-order valence-corrected chi connectivity index (χ3v) is 3.07. The predicted molar refractivity (Wildman–Crippen MR) is 70.5 cm³/mol. The van der Waals surface area contributed by atoms with Gasteiger partial charge in [-0.15, -0.1) is 0 Å². The Morgan fingerprint density at radius 3 is 2.68 bits per heavy atom. The predicted octanol–water partition coefficient (Wildman–Crippen LogP) is 3.10. The lowest BCUT2D eigenvalue weighted by molar-refractivity contribution is 0.628. The molecule has 3 rings (SSSR count). The molecule has 0 atom stereocenters. The van der Waals surface area contributed by atoms with E-state index < -0.39 is 5.82 Å². The highest BCUT2D eigenvalue weighted by atomic mass is 19.1. The van der Waals surface area contributed by atoms with Gasteiger partial charge in [0.1, 0.15) is 17.3 Å². The zero-order chi connectivity index (χ0) is 13.6. The summed E-state index contributed by atoms with van der Waals surface area (Å²) in [5.74, 6) is -0.826. The molecule has 0 radical (unpaired) electrons. The van der Waals surface area contributed by atoms with Crippen molar-refractivity contribution in [1.29, 1.82) is 0 Å². The molecule has 0 bridgehead atoms. The number of aryl methyl sites for hydroxylation is 1. The molecule has 0 aliphatic rings. The monoisotopic (exact) mass is 259 g/mol. The van der Waals surface area contributed by atoms with Crippen molar-refractivity contribution in [2.45, 2.75) is 0 Å². The summed E-state index contributed by atoms with van der Waals surface area (Å²) in [5, 5.41) is 5.01. The van der Waals surface area contributed by atoms with E-state index in [9.17, 15) is 8.78 Å². The second-order valence-electron chi connectivity index (χ2n) is 4.37. The van der Waals surface area contributed by atoms with Crippen molar-refractivity contribution in [3.05, 3.63) is 48.0 Å². The van der Waals surface area contributed by atoms with Crippen LogP contribution in [0, 0.1) is 11.6 Å². The standard InChI is InChI=1S/C14H11F2N3/c1-19-13-7-11(16)12(17)6-10(13)14(18-19)8-3-2-4-9(15)5-8/h2-7H,17H2,1H3. The molecule has 0 aliphatic heterocycles. The van der Waals surface area contributed by atoms with Gasteiger partial charge in [-0.25, -0.2) is 8.78 Å². The average Bonchev–Trinajstić information content (AvgIpc) is 2.68. The van der Waals surface area contributed by atoms with Crippen molar-refractivity contribution >= 4 is 16.6 Å². The normalized spacial score (nSPS) is 11.1.